The second-order valence-corrected chi connectivity index (χ2v) is 5.12. The molecule has 20 heavy (non-hydrogen) atoms. The molecule has 1 aliphatic heterocycles. The highest BCUT2D eigenvalue weighted by Gasteiger charge is 2.26. The summed E-state index contributed by atoms with van der Waals surface area (Å²) in [6.45, 7) is 3.08. The van der Waals surface area contributed by atoms with Crippen LogP contribution in [-0.2, 0) is 9.59 Å². The van der Waals surface area contributed by atoms with Gasteiger partial charge in [0.15, 0.2) is 0 Å². The van der Waals surface area contributed by atoms with E-state index in [0.29, 0.717) is 12.4 Å². The van der Waals surface area contributed by atoms with Gasteiger partial charge in [-0.2, -0.15) is 0 Å². The summed E-state index contributed by atoms with van der Waals surface area (Å²) in [4.78, 5) is 28.9. The summed E-state index contributed by atoms with van der Waals surface area (Å²) in [5, 5.41) is 11.6. The summed E-state index contributed by atoms with van der Waals surface area (Å²) in [5.74, 6) is -0.569. The highest BCUT2D eigenvalue weighted by atomic mass is 16.4. The Morgan fingerprint density at radius 1 is 1.50 bits per heavy atom. The highest BCUT2D eigenvalue weighted by Crippen LogP contribution is 2.18. The number of carboxylic acid groups (broad SMARTS) is 1. The molecule has 1 amide bonds. The third-order valence-corrected chi connectivity index (χ3v) is 3.37. The van der Waals surface area contributed by atoms with Crippen LogP contribution in [0.3, 0.4) is 0 Å². The van der Waals surface area contributed by atoms with Crippen molar-refractivity contribution in [2.75, 3.05) is 25.0 Å². The molecule has 1 aromatic rings. The van der Waals surface area contributed by atoms with Gasteiger partial charge in [-0.25, -0.2) is 4.98 Å². The number of piperidine rings is 1. The van der Waals surface area contributed by atoms with E-state index in [2.05, 4.69) is 10.3 Å². The number of carbonyl (C=O) groups is 2. The number of aliphatic carboxylic acids is 1. The monoisotopic (exact) mass is 277 g/mol. The lowest BCUT2D eigenvalue weighted by molar-refractivity contribution is -0.139. The van der Waals surface area contributed by atoms with E-state index in [0.717, 1.165) is 25.1 Å². The first-order chi connectivity index (χ1) is 9.54. The summed E-state index contributed by atoms with van der Waals surface area (Å²) in [7, 11) is 0. The maximum atomic E-state index is 12.2. The van der Waals surface area contributed by atoms with Crippen molar-refractivity contribution in [3.05, 3.63) is 23.9 Å². The van der Waals surface area contributed by atoms with Crippen LogP contribution in [0.15, 0.2) is 18.2 Å². The number of aromatic nitrogens is 1. The van der Waals surface area contributed by atoms with Gasteiger partial charge < -0.3 is 10.4 Å². The summed E-state index contributed by atoms with van der Waals surface area (Å²) in [5.41, 5.74) is 0.846. The molecule has 0 saturated carbocycles. The molecule has 2 N–H and O–H groups in total. The van der Waals surface area contributed by atoms with E-state index >= 15 is 0 Å². The third-order valence-electron chi connectivity index (χ3n) is 3.37. The topological polar surface area (TPSA) is 82.5 Å². The minimum atomic E-state index is -0.855. The molecule has 0 aromatic carbocycles. The van der Waals surface area contributed by atoms with Crippen LogP contribution in [-0.4, -0.2) is 46.5 Å². The quantitative estimate of drug-likeness (QED) is 0.862. The summed E-state index contributed by atoms with van der Waals surface area (Å²) >= 11 is 0. The molecular formula is C14H19N3O3. The number of hydrogen-bond donors (Lipinski definition) is 2. The fraction of sp³-hybridized carbons (Fsp3) is 0.500. The van der Waals surface area contributed by atoms with Gasteiger partial charge in [0.2, 0.25) is 5.91 Å². The lowest BCUT2D eigenvalue weighted by Gasteiger charge is -2.30. The van der Waals surface area contributed by atoms with Crippen LogP contribution in [0.4, 0.5) is 5.82 Å². The van der Waals surface area contributed by atoms with Gasteiger partial charge in [0, 0.05) is 12.2 Å². The Bertz CT molecular complexity index is 504. The number of rotatable bonds is 4. The number of carbonyl (C=O) groups excluding carboxylic acids is 1. The molecule has 6 nitrogen and oxygen atoms in total. The average molecular weight is 277 g/mol. The number of nitrogens with zero attached hydrogens (tertiary/aromatic N) is 2. The lowest BCUT2D eigenvalue weighted by Crippen LogP contribution is -2.42. The number of nitrogens with one attached hydrogen (secondary N) is 1. The number of carboxylic acids is 1. The zero-order chi connectivity index (χ0) is 14.5. The fourth-order valence-corrected chi connectivity index (χ4v) is 2.45. The molecule has 1 aliphatic rings. The van der Waals surface area contributed by atoms with Crippen molar-refractivity contribution < 1.29 is 14.7 Å². The SMILES string of the molecule is Cc1cccc(NC(=O)C2CCCN(CC(=O)O)C2)n1. The van der Waals surface area contributed by atoms with Gasteiger partial charge >= 0.3 is 5.97 Å². The summed E-state index contributed by atoms with van der Waals surface area (Å²) in [6.07, 6.45) is 1.63. The minimum absolute atomic E-state index is 0.00747. The Balaban J connectivity index is 1.93. The van der Waals surface area contributed by atoms with Crippen molar-refractivity contribution >= 4 is 17.7 Å². The van der Waals surface area contributed by atoms with E-state index in [1.54, 1.807) is 11.0 Å². The van der Waals surface area contributed by atoms with Crippen molar-refractivity contribution in [3.63, 3.8) is 0 Å². The second kappa shape index (κ2) is 6.47. The van der Waals surface area contributed by atoms with E-state index in [9.17, 15) is 9.59 Å². The number of aryl methyl sites for hydroxylation is 1. The lowest BCUT2D eigenvalue weighted by atomic mass is 9.97. The Morgan fingerprint density at radius 3 is 3.00 bits per heavy atom. The predicted molar refractivity (Wildman–Crippen MR) is 74.4 cm³/mol. The average Bonchev–Trinajstić information content (AvgIpc) is 2.38. The summed E-state index contributed by atoms with van der Waals surface area (Å²) in [6, 6.07) is 5.46. The molecule has 0 aliphatic carbocycles. The van der Waals surface area contributed by atoms with Crippen LogP contribution >= 0.6 is 0 Å². The van der Waals surface area contributed by atoms with Gasteiger partial charge in [0.25, 0.3) is 0 Å². The molecule has 1 aromatic heterocycles. The molecule has 0 radical (unpaired) electrons. The third kappa shape index (κ3) is 4.03. The Kier molecular flexibility index (Phi) is 4.68. The normalized spacial score (nSPS) is 19.6. The molecule has 0 bridgehead atoms. The van der Waals surface area contributed by atoms with E-state index in [1.807, 2.05) is 19.1 Å². The Hall–Kier alpha value is -1.95. The zero-order valence-electron chi connectivity index (χ0n) is 11.5. The van der Waals surface area contributed by atoms with Crippen LogP contribution in [0.5, 0.6) is 0 Å². The second-order valence-electron chi connectivity index (χ2n) is 5.12. The van der Waals surface area contributed by atoms with Gasteiger partial charge in [-0.05, 0) is 38.4 Å². The van der Waals surface area contributed by atoms with Crippen LogP contribution in [0.2, 0.25) is 0 Å². The molecule has 108 valence electrons. The van der Waals surface area contributed by atoms with Crippen molar-refractivity contribution in [3.8, 4) is 0 Å². The van der Waals surface area contributed by atoms with Gasteiger partial charge in [-0.1, -0.05) is 6.07 Å². The molecule has 0 spiro atoms. The van der Waals surface area contributed by atoms with Crippen LogP contribution in [0.25, 0.3) is 0 Å². The smallest absolute Gasteiger partial charge is 0.317 e. The zero-order valence-corrected chi connectivity index (χ0v) is 11.5. The first-order valence-corrected chi connectivity index (χ1v) is 6.73. The number of amides is 1. The van der Waals surface area contributed by atoms with Crippen molar-refractivity contribution in [1.29, 1.82) is 0 Å². The van der Waals surface area contributed by atoms with Crippen molar-refractivity contribution in [1.82, 2.24) is 9.88 Å². The molecule has 6 heteroatoms. The van der Waals surface area contributed by atoms with E-state index in [4.69, 9.17) is 5.11 Å². The van der Waals surface area contributed by atoms with Crippen molar-refractivity contribution in [2.24, 2.45) is 5.92 Å². The molecule has 2 heterocycles. The molecule has 1 saturated heterocycles. The molecule has 1 atom stereocenters. The Labute approximate surface area is 117 Å². The van der Waals surface area contributed by atoms with Crippen LogP contribution < -0.4 is 5.32 Å². The van der Waals surface area contributed by atoms with Crippen molar-refractivity contribution in [2.45, 2.75) is 19.8 Å². The summed E-state index contributed by atoms with van der Waals surface area (Å²) < 4.78 is 0. The maximum Gasteiger partial charge on any atom is 0.317 e. The maximum absolute atomic E-state index is 12.2. The molecule has 1 fully saturated rings. The highest BCUT2D eigenvalue weighted by molar-refractivity contribution is 5.91. The number of anilines is 1. The number of pyridine rings is 1. The minimum Gasteiger partial charge on any atom is -0.480 e. The van der Waals surface area contributed by atoms with Crippen LogP contribution in [0.1, 0.15) is 18.5 Å². The van der Waals surface area contributed by atoms with Gasteiger partial charge in [0.1, 0.15) is 5.82 Å². The van der Waals surface area contributed by atoms with Gasteiger partial charge in [-0.15, -0.1) is 0 Å². The first-order valence-electron chi connectivity index (χ1n) is 6.73. The van der Waals surface area contributed by atoms with Crippen LogP contribution in [0, 0.1) is 12.8 Å². The van der Waals surface area contributed by atoms with E-state index in [-0.39, 0.29) is 18.4 Å². The van der Waals surface area contributed by atoms with Gasteiger partial charge in [-0.3, -0.25) is 14.5 Å². The van der Waals surface area contributed by atoms with E-state index in [1.165, 1.54) is 0 Å². The molecule has 2 rings (SSSR count). The van der Waals surface area contributed by atoms with E-state index < -0.39 is 5.97 Å². The van der Waals surface area contributed by atoms with Gasteiger partial charge in [0.05, 0.1) is 12.5 Å². The molecular weight excluding hydrogens is 258 g/mol. The number of likely N-dealkylation sites (tertiary alicyclic amines) is 1. The Morgan fingerprint density at radius 2 is 2.30 bits per heavy atom. The standard InChI is InChI=1S/C14H19N3O3/c1-10-4-2-6-12(15-10)16-14(20)11-5-3-7-17(8-11)9-13(18)19/h2,4,6,11H,3,5,7-9H2,1H3,(H,18,19)(H,15,16,20). The largest absolute Gasteiger partial charge is 0.480 e. The first kappa shape index (κ1) is 14.5. The predicted octanol–water partition coefficient (Wildman–Crippen LogP) is 1.13. The molecule has 1 unspecified atom stereocenters. The number of hydrogen-bond acceptors (Lipinski definition) is 4. The fourth-order valence-electron chi connectivity index (χ4n) is 2.45.